The van der Waals surface area contributed by atoms with Crippen LogP contribution in [0.25, 0.3) is 16.6 Å². The molecule has 0 aliphatic rings. The Labute approximate surface area is 119 Å². The van der Waals surface area contributed by atoms with E-state index in [9.17, 15) is 0 Å². The third kappa shape index (κ3) is 2.23. The summed E-state index contributed by atoms with van der Waals surface area (Å²) >= 11 is 0. The molecule has 0 saturated heterocycles. The van der Waals surface area contributed by atoms with E-state index in [1.54, 1.807) is 0 Å². The van der Waals surface area contributed by atoms with Crippen LogP contribution in [0.4, 0.5) is 0 Å². The average molecular weight is 264 g/mol. The van der Waals surface area contributed by atoms with Crippen molar-refractivity contribution in [2.45, 2.75) is 19.8 Å². The van der Waals surface area contributed by atoms with Gasteiger partial charge in [0, 0.05) is 23.5 Å². The highest BCUT2D eigenvalue weighted by Crippen LogP contribution is 2.29. The van der Waals surface area contributed by atoms with Gasteiger partial charge >= 0.3 is 0 Å². The molecule has 0 fully saturated rings. The second kappa shape index (κ2) is 5.51. The lowest BCUT2D eigenvalue weighted by molar-refractivity contribution is 0.978. The van der Waals surface area contributed by atoms with Crippen LogP contribution < -0.4 is 5.73 Å². The predicted molar refractivity (Wildman–Crippen MR) is 85.0 cm³/mol. The fraction of sp³-hybridized carbons (Fsp3) is 0.222. The van der Waals surface area contributed by atoms with E-state index in [4.69, 9.17) is 5.73 Å². The van der Waals surface area contributed by atoms with Crippen molar-refractivity contribution in [3.05, 3.63) is 66.0 Å². The maximum atomic E-state index is 5.80. The summed E-state index contributed by atoms with van der Waals surface area (Å²) in [6.07, 6.45) is 6.29. The summed E-state index contributed by atoms with van der Waals surface area (Å²) < 4.78 is 2.19. The highest BCUT2D eigenvalue weighted by Gasteiger charge is 2.11. The molecule has 0 amide bonds. The number of fused-ring (bicyclic) bond motifs is 1. The molecule has 2 aromatic heterocycles. The molecule has 0 radical (unpaired) electrons. The largest absolute Gasteiger partial charge is 0.330 e. The van der Waals surface area contributed by atoms with Crippen LogP contribution in [0.2, 0.25) is 0 Å². The van der Waals surface area contributed by atoms with E-state index in [0.717, 1.165) is 12.8 Å². The van der Waals surface area contributed by atoms with Crippen molar-refractivity contribution in [1.82, 2.24) is 4.40 Å². The number of hydrogen-bond donors (Lipinski definition) is 1. The summed E-state index contributed by atoms with van der Waals surface area (Å²) in [5.41, 5.74) is 12.4. The lowest BCUT2D eigenvalue weighted by atomic mass is 9.99. The number of nitrogens with two attached hydrogens (primary N) is 1. The first-order valence-electron chi connectivity index (χ1n) is 7.21. The maximum Gasteiger partial charge on any atom is 0.0488 e. The van der Waals surface area contributed by atoms with Gasteiger partial charge in [-0.05, 0) is 48.2 Å². The zero-order valence-electron chi connectivity index (χ0n) is 11.8. The van der Waals surface area contributed by atoms with Gasteiger partial charge in [-0.3, -0.25) is 0 Å². The Morgan fingerprint density at radius 2 is 2.00 bits per heavy atom. The molecule has 0 unspecified atom stereocenters. The van der Waals surface area contributed by atoms with Crippen LogP contribution in [0.5, 0.6) is 0 Å². The molecule has 102 valence electrons. The first-order chi connectivity index (χ1) is 9.83. The first kappa shape index (κ1) is 12.9. The summed E-state index contributed by atoms with van der Waals surface area (Å²) in [5, 5.41) is 0. The van der Waals surface area contributed by atoms with Crippen LogP contribution in [0.3, 0.4) is 0 Å². The number of benzene rings is 1. The van der Waals surface area contributed by atoms with Crippen molar-refractivity contribution in [2.75, 3.05) is 6.54 Å². The van der Waals surface area contributed by atoms with E-state index in [1.807, 2.05) is 0 Å². The zero-order valence-corrected chi connectivity index (χ0v) is 11.8. The molecule has 1 aromatic carbocycles. The van der Waals surface area contributed by atoms with Gasteiger partial charge in [0.05, 0.1) is 0 Å². The number of hydrogen-bond acceptors (Lipinski definition) is 1. The van der Waals surface area contributed by atoms with E-state index < -0.39 is 0 Å². The van der Waals surface area contributed by atoms with Crippen LogP contribution >= 0.6 is 0 Å². The molecule has 2 N–H and O–H groups in total. The van der Waals surface area contributed by atoms with Crippen molar-refractivity contribution in [2.24, 2.45) is 5.73 Å². The van der Waals surface area contributed by atoms with Gasteiger partial charge in [0.2, 0.25) is 0 Å². The minimum atomic E-state index is 0.676. The van der Waals surface area contributed by atoms with E-state index in [1.165, 1.54) is 27.8 Å². The molecule has 0 aliphatic heterocycles. The lowest BCUT2D eigenvalue weighted by Crippen LogP contribution is -2.03. The van der Waals surface area contributed by atoms with Crippen LogP contribution in [0.1, 0.15) is 18.1 Å². The Kier molecular flexibility index (Phi) is 3.57. The summed E-state index contributed by atoms with van der Waals surface area (Å²) in [6, 6.07) is 15.1. The number of aromatic nitrogens is 1. The van der Waals surface area contributed by atoms with Crippen LogP contribution in [-0.2, 0) is 12.8 Å². The Hall–Kier alpha value is -2.06. The summed E-state index contributed by atoms with van der Waals surface area (Å²) in [5.74, 6) is 0. The minimum Gasteiger partial charge on any atom is -0.330 e. The van der Waals surface area contributed by atoms with Crippen LogP contribution in [-0.4, -0.2) is 10.9 Å². The Morgan fingerprint density at radius 3 is 2.80 bits per heavy atom. The average Bonchev–Trinajstić information content (AvgIpc) is 2.87. The number of nitrogens with zero attached hydrogens (tertiary/aromatic N) is 1. The number of rotatable bonds is 4. The molecule has 2 heteroatoms. The van der Waals surface area contributed by atoms with Crippen molar-refractivity contribution in [1.29, 1.82) is 0 Å². The third-order valence-electron chi connectivity index (χ3n) is 3.83. The lowest BCUT2D eigenvalue weighted by Gasteiger charge is -2.05. The molecule has 2 nitrogen and oxygen atoms in total. The van der Waals surface area contributed by atoms with Gasteiger partial charge in [0.1, 0.15) is 0 Å². The molecular formula is C18H20N2. The highest BCUT2D eigenvalue weighted by atomic mass is 14.9. The van der Waals surface area contributed by atoms with Gasteiger partial charge in [-0.15, -0.1) is 0 Å². The van der Waals surface area contributed by atoms with Gasteiger partial charge in [0.25, 0.3) is 0 Å². The van der Waals surface area contributed by atoms with Gasteiger partial charge in [-0.1, -0.05) is 37.3 Å². The molecule has 20 heavy (non-hydrogen) atoms. The smallest absolute Gasteiger partial charge is 0.0488 e. The Bertz CT molecular complexity index is 725. The van der Waals surface area contributed by atoms with E-state index >= 15 is 0 Å². The molecule has 0 bridgehead atoms. The van der Waals surface area contributed by atoms with E-state index in [0.29, 0.717) is 6.54 Å². The third-order valence-corrected chi connectivity index (χ3v) is 3.83. The van der Waals surface area contributed by atoms with Crippen molar-refractivity contribution >= 4 is 5.52 Å². The number of pyridine rings is 1. The summed E-state index contributed by atoms with van der Waals surface area (Å²) in [7, 11) is 0. The molecule has 3 aromatic rings. The quantitative estimate of drug-likeness (QED) is 0.765. The van der Waals surface area contributed by atoms with Crippen molar-refractivity contribution in [3.8, 4) is 11.1 Å². The summed E-state index contributed by atoms with van der Waals surface area (Å²) in [6.45, 7) is 2.87. The van der Waals surface area contributed by atoms with Gasteiger partial charge < -0.3 is 10.1 Å². The van der Waals surface area contributed by atoms with Crippen molar-refractivity contribution < 1.29 is 0 Å². The Morgan fingerprint density at radius 1 is 1.10 bits per heavy atom. The van der Waals surface area contributed by atoms with Crippen LogP contribution in [0.15, 0.2) is 54.9 Å². The second-order valence-corrected chi connectivity index (χ2v) is 5.11. The van der Waals surface area contributed by atoms with Gasteiger partial charge in [-0.25, -0.2) is 0 Å². The first-order valence-corrected chi connectivity index (χ1v) is 7.21. The van der Waals surface area contributed by atoms with Crippen molar-refractivity contribution in [3.63, 3.8) is 0 Å². The zero-order chi connectivity index (χ0) is 13.9. The number of aryl methyl sites for hydroxylation is 1. The van der Waals surface area contributed by atoms with E-state index in [2.05, 4.69) is 66.2 Å². The Balaban J connectivity index is 2.21. The fourth-order valence-electron chi connectivity index (χ4n) is 2.79. The molecule has 0 atom stereocenters. The standard InChI is InChI=1S/C18H20N2/c1-2-14-6-5-7-15(12-14)17-13-20-11-4-3-8-18(20)16(17)9-10-19/h3-8,11-13H,2,9-10,19H2,1H3. The highest BCUT2D eigenvalue weighted by molar-refractivity contribution is 5.77. The normalized spacial score (nSPS) is 11.1. The molecule has 0 spiro atoms. The molecule has 2 heterocycles. The van der Waals surface area contributed by atoms with E-state index in [-0.39, 0.29) is 0 Å². The topological polar surface area (TPSA) is 30.4 Å². The molecule has 3 rings (SSSR count). The fourth-order valence-corrected chi connectivity index (χ4v) is 2.79. The minimum absolute atomic E-state index is 0.676. The van der Waals surface area contributed by atoms with Gasteiger partial charge in [-0.2, -0.15) is 0 Å². The SMILES string of the molecule is CCc1cccc(-c2cn3ccccc3c2CCN)c1. The van der Waals surface area contributed by atoms with Crippen LogP contribution in [0, 0.1) is 0 Å². The maximum absolute atomic E-state index is 5.80. The molecular weight excluding hydrogens is 244 g/mol. The monoisotopic (exact) mass is 264 g/mol. The van der Waals surface area contributed by atoms with Gasteiger partial charge in [0.15, 0.2) is 0 Å². The molecule has 0 aliphatic carbocycles. The predicted octanol–water partition coefficient (Wildman–Crippen LogP) is 3.67. The summed E-state index contributed by atoms with van der Waals surface area (Å²) in [4.78, 5) is 0. The second-order valence-electron chi connectivity index (χ2n) is 5.11. The molecule has 0 saturated carbocycles.